The van der Waals surface area contributed by atoms with Gasteiger partial charge in [0, 0.05) is 6.42 Å². The SMILES string of the molecule is CCCCC(=O)NC(CCCCN)C(=O)O. The lowest BCUT2D eigenvalue weighted by Crippen LogP contribution is -2.40. The molecule has 1 amide bonds. The molecule has 0 saturated carbocycles. The minimum absolute atomic E-state index is 0.179. The molecular weight excluding hydrogens is 208 g/mol. The lowest BCUT2D eigenvalue weighted by atomic mass is 10.1. The Morgan fingerprint density at radius 3 is 2.50 bits per heavy atom. The maximum atomic E-state index is 11.4. The molecule has 0 aliphatic carbocycles. The van der Waals surface area contributed by atoms with Crippen molar-refractivity contribution in [3.05, 3.63) is 0 Å². The van der Waals surface area contributed by atoms with Crippen LogP contribution in [-0.4, -0.2) is 29.6 Å². The third-order valence-electron chi connectivity index (χ3n) is 2.34. The van der Waals surface area contributed by atoms with Crippen LogP contribution in [0.5, 0.6) is 0 Å². The summed E-state index contributed by atoms with van der Waals surface area (Å²) < 4.78 is 0. The number of carbonyl (C=O) groups excluding carboxylic acids is 1. The van der Waals surface area contributed by atoms with Crippen LogP contribution in [0.25, 0.3) is 0 Å². The summed E-state index contributed by atoms with van der Waals surface area (Å²) in [5.41, 5.74) is 5.32. The number of rotatable bonds is 9. The van der Waals surface area contributed by atoms with E-state index in [9.17, 15) is 9.59 Å². The number of carboxylic acids is 1. The maximum Gasteiger partial charge on any atom is 0.326 e. The fourth-order valence-corrected chi connectivity index (χ4v) is 1.35. The van der Waals surface area contributed by atoms with Crippen LogP contribution in [-0.2, 0) is 9.59 Å². The third kappa shape index (κ3) is 7.23. The molecule has 0 aromatic heterocycles. The highest BCUT2D eigenvalue weighted by molar-refractivity contribution is 5.83. The van der Waals surface area contributed by atoms with Crippen LogP contribution in [0.3, 0.4) is 0 Å². The first-order chi connectivity index (χ1) is 7.61. The molecule has 0 spiro atoms. The zero-order valence-corrected chi connectivity index (χ0v) is 9.87. The van der Waals surface area contributed by atoms with Crippen molar-refractivity contribution < 1.29 is 14.7 Å². The minimum atomic E-state index is -0.970. The van der Waals surface area contributed by atoms with Crippen LogP contribution < -0.4 is 11.1 Å². The molecule has 1 atom stereocenters. The van der Waals surface area contributed by atoms with Gasteiger partial charge in [-0.1, -0.05) is 13.3 Å². The molecule has 0 aromatic carbocycles. The molecule has 5 nitrogen and oxygen atoms in total. The molecule has 0 fully saturated rings. The van der Waals surface area contributed by atoms with Crippen molar-refractivity contribution in [2.75, 3.05) is 6.54 Å². The van der Waals surface area contributed by atoms with E-state index in [1.807, 2.05) is 6.92 Å². The van der Waals surface area contributed by atoms with Crippen molar-refractivity contribution >= 4 is 11.9 Å². The largest absolute Gasteiger partial charge is 0.480 e. The van der Waals surface area contributed by atoms with E-state index in [-0.39, 0.29) is 5.91 Å². The van der Waals surface area contributed by atoms with E-state index < -0.39 is 12.0 Å². The number of nitrogens with two attached hydrogens (primary N) is 1. The number of aliphatic carboxylic acids is 1. The summed E-state index contributed by atoms with van der Waals surface area (Å²) >= 11 is 0. The number of carbonyl (C=O) groups is 2. The summed E-state index contributed by atoms with van der Waals surface area (Å²) in [4.78, 5) is 22.2. The highest BCUT2D eigenvalue weighted by Gasteiger charge is 2.18. The normalized spacial score (nSPS) is 12.1. The average molecular weight is 230 g/mol. The molecule has 4 N–H and O–H groups in total. The molecule has 0 heterocycles. The quantitative estimate of drug-likeness (QED) is 0.512. The van der Waals surface area contributed by atoms with Crippen molar-refractivity contribution in [2.45, 2.75) is 51.5 Å². The van der Waals surface area contributed by atoms with Crippen molar-refractivity contribution in [3.8, 4) is 0 Å². The van der Waals surface area contributed by atoms with Crippen molar-refractivity contribution in [1.29, 1.82) is 0 Å². The third-order valence-corrected chi connectivity index (χ3v) is 2.34. The van der Waals surface area contributed by atoms with E-state index in [4.69, 9.17) is 10.8 Å². The van der Waals surface area contributed by atoms with E-state index in [1.165, 1.54) is 0 Å². The summed E-state index contributed by atoms with van der Waals surface area (Å²) in [5, 5.41) is 11.4. The van der Waals surface area contributed by atoms with Gasteiger partial charge in [-0.3, -0.25) is 4.79 Å². The number of amides is 1. The van der Waals surface area contributed by atoms with E-state index in [0.717, 1.165) is 25.7 Å². The highest BCUT2D eigenvalue weighted by Crippen LogP contribution is 2.02. The van der Waals surface area contributed by atoms with Crippen molar-refractivity contribution in [3.63, 3.8) is 0 Å². The van der Waals surface area contributed by atoms with E-state index >= 15 is 0 Å². The first-order valence-electron chi connectivity index (χ1n) is 5.84. The van der Waals surface area contributed by atoms with Gasteiger partial charge in [0.1, 0.15) is 6.04 Å². The van der Waals surface area contributed by atoms with Gasteiger partial charge in [0.05, 0.1) is 0 Å². The van der Waals surface area contributed by atoms with Gasteiger partial charge in [0.2, 0.25) is 5.91 Å². The van der Waals surface area contributed by atoms with E-state index in [1.54, 1.807) is 0 Å². The monoisotopic (exact) mass is 230 g/mol. The van der Waals surface area contributed by atoms with Crippen LogP contribution in [0.1, 0.15) is 45.4 Å². The van der Waals surface area contributed by atoms with E-state index in [0.29, 0.717) is 19.4 Å². The molecule has 94 valence electrons. The fraction of sp³-hybridized carbons (Fsp3) is 0.818. The standard InChI is InChI=1S/C11H22N2O3/c1-2-3-7-10(14)13-9(11(15)16)6-4-5-8-12/h9H,2-8,12H2,1H3,(H,13,14)(H,15,16). The van der Waals surface area contributed by atoms with Gasteiger partial charge < -0.3 is 16.2 Å². The van der Waals surface area contributed by atoms with Crippen LogP contribution in [0.2, 0.25) is 0 Å². The number of hydrogen-bond donors (Lipinski definition) is 3. The molecule has 0 saturated heterocycles. The Morgan fingerprint density at radius 2 is 2.00 bits per heavy atom. The highest BCUT2D eigenvalue weighted by atomic mass is 16.4. The van der Waals surface area contributed by atoms with Gasteiger partial charge in [-0.15, -0.1) is 0 Å². The molecule has 0 aromatic rings. The molecule has 0 aliphatic rings. The molecule has 1 unspecified atom stereocenters. The first kappa shape index (κ1) is 14.9. The molecule has 0 rings (SSSR count). The molecule has 0 radical (unpaired) electrons. The van der Waals surface area contributed by atoms with Crippen molar-refractivity contribution in [2.24, 2.45) is 5.73 Å². The van der Waals surface area contributed by atoms with Crippen LogP contribution in [0.15, 0.2) is 0 Å². The lowest BCUT2D eigenvalue weighted by molar-refractivity contribution is -0.142. The molecule has 0 aliphatic heterocycles. The molecule has 5 heteroatoms. The van der Waals surface area contributed by atoms with Gasteiger partial charge in [-0.25, -0.2) is 4.79 Å². The summed E-state index contributed by atoms with van der Waals surface area (Å²) in [6.07, 6.45) is 4.08. The Balaban J connectivity index is 3.92. The number of carboxylic acid groups (broad SMARTS) is 1. The van der Waals surface area contributed by atoms with Crippen LogP contribution in [0.4, 0.5) is 0 Å². The Kier molecular flexibility index (Phi) is 8.52. The molecule has 0 bridgehead atoms. The number of unbranched alkanes of at least 4 members (excludes halogenated alkanes) is 2. The second-order valence-electron chi connectivity index (χ2n) is 3.85. The Bertz CT molecular complexity index is 219. The number of nitrogens with one attached hydrogen (secondary N) is 1. The van der Waals surface area contributed by atoms with Crippen LogP contribution >= 0.6 is 0 Å². The summed E-state index contributed by atoms with van der Waals surface area (Å²) in [6, 6.07) is -0.768. The molecule has 16 heavy (non-hydrogen) atoms. The number of hydrogen-bond acceptors (Lipinski definition) is 3. The van der Waals surface area contributed by atoms with Gasteiger partial charge in [0.15, 0.2) is 0 Å². The lowest BCUT2D eigenvalue weighted by Gasteiger charge is -2.14. The van der Waals surface area contributed by atoms with Crippen LogP contribution in [0, 0.1) is 0 Å². The van der Waals surface area contributed by atoms with Gasteiger partial charge >= 0.3 is 5.97 Å². The first-order valence-corrected chi connectivity index (χ1v) is 5.84. The van der Waals surface area contributed by atoms with Crippen molar-refractivity contribution in [1.82, 2.24) is 5.32 Å². The predicted octanol–water partition coefficient (Wildman–Crippen LogP) is 0.875. The van der Waals surface area contributed by atoms with E-state index in [2.05, 4.69) is 5.32 Å². The minimum Gasteiger partial charge on any atom is -0.480 e. The summed E-state index contributed by atoms with van der Waals surface area (Å²) in [5.74, 6) is -1.15. The average Bonchev–Trinajstić information content (AvgIpc) is 2.25. The van der Waals surface area contributed by atoms with Gasteiger partial charge in [0.25, 0.3) is 0 Å². The predicted molar refractivity (Wildman–Crippen MR) is 62.0 cm³/mol. The molecular formula is C11H22N2O3. The summed E-state index contributed by atoms with van der Waals surface area (Å²) in [7, 11) is 0. The zero-order chi connectivity index (χ0) is 12.4. The van der Waals surface area contributed by atoms with Gasteiger partial charge in [-0.05, 0) is 32.2 Å². The topological polar surface area (TPSA) is 92.4 Å². The second kappa shape index (κ2) is 9.15. The second-order valence-corrected chi connectivity index (χ2v) is 3.85. The van der Waals surface area contributed by atoms with Gasteiger partial charge in [-0.2, -0.15) is 0 Å². The smallest absolute Gasteiger partial charge is 0.326 e. The Morgan fingerprint density at radius 1 is 1.31 bits per heavy atom. The summed E-state index contributed by atoms with van der Waals surface area (Å²) in [6.45, 7) is 2.54. The zero-order valence-electron chi connectivity index (χ0n) is 9.87. The Labute approximate surface area is 96.4 Å². The Hall–Kier alpha value is -1.10. The maximum absolute atomic E-state index is 11.4. The fourth-order valence-electron chi connectivity index (χ4n) is 1.35.